The quantitative estimate of drug-likeness (QED) is 0.670. The zero-order chi connectivity index (χ0) is 8.81. The maximum absolute atomic E-state index is 4.26. The van der Waals surface area contributed by atoms with Crippen LogP contribution in [0.4, 0.5) is 0 Å². The van der Waals surface area contributed by atoms with Crippen LogP contribution in [0.1, 0.15) is 25.5 Å². The Morgan fingerprint density at radius 1 is 1.58 bits per heavy atom. The Morgan fingerprint density at radius 2 is 2.42 bits per heavy atom. The summed E-state index contributed by atoms with van der Waals surface area (Å²) in [5.74, 6) is 0. The summed E-state index contributed by atoms with van der Waals surface area (Å²) in [6.45, 7) is 4.18. The van der Waals surface area contributed by atoms with Gasteiger partial charge in [0.15, 0.2) is 0 Å². The van der Waals surface area contributed by atoms with Crippen LogP contribution in [0.25, 0.3) is 0 Å². The fraction of sp³-hybridized carbons (Fsp3) is 0.667. The molecule has 0 aliphatic carbocycles. The van der Waals surface area contributed by atoms with Crippen molar-refractivity contribution in [3.8, 4) is 0 Å². The minimum atomic E-state index is 0.890. The number of hydrogen-bond donors (Lipinski definition) is 1. The highest BCUT2D eigenvalue weighted by Gasteiger charge is 1.94. The van der Waals surface area contributed by atoms with Gasteiger partial charge >= 0.3 is 0 Å². The molecule has 0 atom stereocenters. The lowest BCUT2D eigenvalue weighted by molar-refractivity contribution is 0.622. The van der Waals surface area contributed by atoms with E-state index >= 15 is 0 Å². The molecule has 12 heavy (non-hydrogen) atoms. The summed E-state index contributed by atoms with van der Waals surface area (Å²) in [6, 6.07) is 2.04. The predicted octanol–water partition coefficient (Wildman–Crippen LogP) is 1.31. The van der Waals surface area contributed by atoms with Crippen LogP contribution in [-0.2, 0) is 13.6 Å². The highest BCUT2D eigenvalue weighted by Crippen LogP contribution is 1.93. The highest BCUT2D eigenvalue weighted by molar-refractivity contribution is 4.97. The van der Waals surface area contributed by atoms with Gasteiger partial charge in [0.2, 0.25) is 0 Å². The summed E-state index contributed by atoms with van der Waals surface area (Å²) in [7, 11) is 1.94. The number of nitrogens with one attached hydrogen (secondary N) is 1. The Kier molecular flexibility index (Phi) is 3.80. The molecule has 3 nitrogen and oxygen atoms in total. The van der Waals surface area contributed by atoms with E-state index in [-0.39, 0.29) is 0 Å². The average molecular weight is 167 g/mol. The summed E-state index contributed by atoms with van der Waals surface area (Å²) in [5.41, 5.74) is 1.12. The third-order valence-corrected chi connectivity index (χ3v) is 1.78. The number of rotatable bonds is 5. The summed E-state index contributed by atoms with van der Waals surface area (Å²) in [5, 5.41) is 7.60. The lowest BCUT2D eigenvalue weighted by Gasteiger charge is -1.99. The second kappa shape index (κ2) is 4.93. The fourth-order valence-electron chi connectivity index (χ4n) is 1.08. The van der Waals surface area contributed by atoms with Crippen LogP contribution >= 0.6 is 0 Å². The highest BCUT2D eigenvalue weighted by atomic mass is 15.3. The van der Waals surface area contributed by atoms with Crippen molar-refractivity contribution in [3.05, 3.63) is 18.0 Å². The van der Waals surface area contributed by atoms with Crippen LogP contribution in [0.15, 0.2) is 12.3 Å². The molecular formula is C9H17N3. The van der Waals surface area contributed by atoms with Gasteiger partial charge in [0.25, 0.3) is 0 Å². The molecule has 0 bridgehead atoms. The van der Waals surface area contributed by atoms with Gasteiger partial charge in [0.05, 0.1) is 5.69 Å². The van der Waals surface area contributed by atoms with Crippen LogP contribution < -0.4 is 5.32 Å². The lowest BCUT2D eigenvalue weighted by atomic mass is 10.3. The molecule has 3 heteroatoms. The molecule has 0 unspecified atom stereocenters. The van der Waals surface area contributed by atoms with E-state index in [2.05, 4.69) is 17.3 Å². The van der Waals surface area contributed by atoms with Gasteiger partial charge in [-0.25, -0.2) is 0 Å². The largest absolute Gasteiger partial charge is 0.311 e. The Bertz CT molecular complexity index is 217. The summed E-state index contributed by atoms with van der Waals surface area (Å²) < 4.78 is 1.83. The van der Waals surface area contributed by atoms with Gasteiger partial charge in [0.1, 0.15) is 0 Å². The molecule has 1 aromatic heterocycles. The summed E-state index contributed by atoms with van der Waals surface area (Å²) >= 11 is 0. The van der Waals surface area contributed by atoms with Crippen LogP contribution in [0.5, 0.6) is 0 Å². The van der Waals surface area contributed by atoms with Crippen LogP contribution in [0.3, 0.4) is 0 Å². The van der Waals surface area contributed by atoms with Crippen LogP contribution in [0.2, 0.25) is 0 Å². The standard InChI is InChI=1S/C9H17N3/c1-3-4-6-10-8-9-5-7-12(2)11-9/h5,7,10H,3-4,6,8H2,1-2H3. The Labute approximate surface area is 73.8 Å². The third-order valence-electron chi connectivity index (χ3n) is 1.78. The topological polar surface area (TPSA) is 29.9 Å². The first-order valence-corrected chi connectivity index (χ1v) is 4.52. The van der Waals surface area contributed by atoms with E-state index in [9.17, 15) is 0 Å². The molecule has 1 rings (SSSR count). The molecule has 0 amide bonds. The van der Waals surface area contributed by atoms with E-state index in [1.165, 1.54) is 12.8 Å². The van der Waals surface area contributed by atoms with Crippen molar-refractivity contribution in [2.75, 3.05) is 6.54 Å². The maximum atomic E-state index is 4.26. The lowest BCUT2D eigenvalue weighted by Crippen LogP contribution is -2.14. The SMILES string of the molecule is CCCCNCc1ccn(C)n1. The van der Waals surface area contributed by atoms with Gasteiger partial charge in [-0.05, 0) is 19.0 Å². The van der Waals surface area contributed by atoms with Crippen molar-refractivity contribution in [1.82, 2.24) is 15.1 Å². The number of aromatic nitrogens is 2. The number of unbranched alkanes of at least 4 members (excludes halogenated alkanes) is 1. The second-order valence-corrected chi connectivity index (χ2v) is 3.01. The Morgan fingerprint density at radius 3 is 3.00 bits per heavy atom. The first kappa shape index (κ1) is 9.26. The third kappa shape index (κ3) is 3.05. The number of hydrogen-bond acceptors (Lipinski definition) is 2. The normalized spacial score (nSPS) is 10.5. The first-order chi connectivity index (χ1) is 5.83. The van der Waals surface area contributed by atoms with Gasteiger partial charge in [-0.3, -0.25) is 4.68 Å². The minimum Gasteiger partial charge on any atom is -0.311 e. The van der Waals surface area contributed by atoms with Crippen LogP contribution in [0, 0.1) is 0 Å². The molecule has 0 radical (unpaired) electrons. The molecule has 0 fully saturated rings. The van der Waals surface area contributed by atoms with Gasteiger partial charge in [0, 0.05) is 19.8 Å². The van der Waals surface area contributed by atoms with Crippen LogP contribution in [-0.4, -0.2) is 16.3 Å². The molecule has 0 saturated heterocycles. The zero-order valence-electron chi connectivity index (χ0n) is 7.88. The summed E-state index contributed by atoms with van der Waals surface area (Å²) in [4.78, 5) is 0. The number of nitrogens with zero attached hydrogens (tertiary/aromatic N) is 2. The average Bonchev–Trinajstić information content (AvgIpc) is 2.45. The molecule has 0 aromatic carbocycles. The fourth-order valence-corrected chi connectivity index (χ4v) is 1.08. The van der Waals surface area contributed by atoms with Crippen molar-refractivity contribution >= 4 is 0 Å². The van der Waals surface area contributed by atoms with Crippen molar-refractivity contribution in [2.24, 2.45) is 7.05 Å². The second-order valence-electron chi connectivity index (χ2n) is 3.01. The smallest absolute Gasteiger partial charge is 0.0762 e. The molecule has 1 heterocycles. The van der Waals surface area contributed by atoms with Gasteiger partial charge in [-0.15, -0.1) is 0 Å². The predicted molar refractivity (Wildman–Crippen MR) is 49.8 cm³/mol. The maximum Gasteiger partial charge on any atom is 0.0762 e. The monoisotopic (exact) mass is 167 g/mol. The molecule has 1 N–H and O–H groups in total. The van der Waals surface area contributed by atoms with Crippen molar-refractivity contribution in [3.63, 3.8) is 0 Å². The van der Waals surface area contributed by atoms with E-state index in [0.717, 1.165) is 18.8 Å². The Hall–Kier alpha value is -0.830. The van der Waals surface area contributed by atoms with E-state index in [1.54, 1.807) is 0 Å². The zero-order valence-corrected chi connectivity index (χ0v) is 7.88. The van der Waals surface area contributed by atoms with Gasteiger partial charge in [-0.2, -0.15) is 5.10 Å². The van der Waals surface area contributed by atoms with Crippen molar-refractivity contribution in [2.45, 2.75) is 26.3 Å². The Balaban J connectivity index is 2.15. The molecule has 0 aliphatic heterocycles. The molecule has 0 spiro atoms. The molecule has 68 valence electrons. The first-order valence-electron chi connectivity index (χ1n) is 4.52. The molecule has 0 saturated carbocycles. The summed E-state index contributed by atoms with van der Waals surface area (Å²) in [6.07, 6.45) is 4.46. The van der Waals surface area contributed by atoms with E-state index in [0.29, 0.717) is 0 Å². The molecule has 1 aromatic rings. The molecule has 0 aliphatic rings. The van der Waals surface area contributed by atoms with E-state index < -0.39 is 0 Å². The van der Waals surface area contributed by atoms with Gasteiger partial charge in [-0.1, -0.05) is 13.3 Å². The van der Waals surface area contributed by atoms with Gasteiger partial charge < -0.3 is 5.32 Å². The minimum absolute atomic E-state index is 0.890. The van der Waals surface area contributed by atoms with E-state index in [4.69, 9.17) is 0 Å². The number of aryl methyl sites for hydroxylation is 1. The van der Waals surface area contributed by atoms with Crippen molar-refractivity contribution in [1.29, 1.82) is 0 Å². The molecular weight excluding hydrogens is 150 g/mol. The van der Waals surface area contributed by atoms with Crippen molar-refractivity contribution < 1.29 is 0 Å². The van der Waals surface area contributed by atoms with E-state index in [1.807, 2.05) is 24.0 Å².